The monoisotopic (exact) mass is 306 g/mol. The van der Waals surface area contributed by atoms with Crippen molar-refractivity contribution in [3.63, 3.8) is 0 Å². The van der Waals surface area contributed by atoms with Gasteiger partial charge in [0, 0.05) is 36.0 Å². The Morgan fingerprint density at radius 2 is 2.00 bits per heavy atom. The van der Waals surface area contributed by atoms with E-state index in [4.69, 9.17) is 0 Å². The largest absolute Gasteiger partial charge is 0.296 e. The molecule has 0 radical (unpaired) electrons. The summed E-state index contributed by atoms with van der Waals surface area (Å²) in [5.74, 6) is 0. The molecule has 18 heavy (non-hydrogen) atoms. The van der Waals surface area contributed by atoms with E-state index >= 15 is 0 Å². The van der Waals surface area contributed by atoms with Crippen LogP contribution in [0.25, 0.3) is 10.9 Å². The minimum absolute atomic E-state index is 0.543. The predicted octanol–water partition coefficient (Wildman–Crippen LogP) is 3.84. The molecule has 1 heterocycles. The zero-order valence-corrected chi connectivity index (χ0v) is 12.5. The van der Waals surface area contributed by atoms with Crippen molar-refractivity contribution in [3.05, 3.63) is 42.1 Å². The molecule has 1 aromatic heterocycles. The Morgan fingerprint density at radius 1 is 1.22 bits per heavy atom. The molecule has 0 aliphatic carbocycles. The third-order valence-electron chi connectivity index (χ3n) is 3.19. The molecule has 0 atom stereocenters. The first kappa shape index (κ1) is 13.5. The predicted molar refractivity (Wildman–Crippen MR) is 81.1 cm³/mol. The minimum atomic E-state index is 0.543. The highest BCUT2D eigenvalue weighted by Gasteiger charge is 2.11. The van der Waals surface area contributed by atoms with Crippen LogP contribution in [0.3, 0.4) is 0 Å². The van der Waals surface area contributed by atoms with Gasteiger partial charge in [0.2, 0.25) is 0 Å². The second kappa shape index (κ2) is 6.30. The lowest BCUT2D eigenvalue weighted by molar-refractivity contribution is 0.228. The number of hydrogen-bond acceptors (Lipinski definition) is 2. The number of fused-ring (bicyclic) bond motifs is 1. The van der Waals surface area contributed by atoms with Crippen LogP contribution in [0.4, 0.5) is 0 Å². The quantitative estimate of drug-likeness (QED) is 0.780. The van der Waals surface area contributed by atoms with Gasteiger partial charge in [0.15, 0.2) is 0 Å². The average molecular weight is 307 g/mol. The Labute approximate surface area is 117 Å². The lowest BCUT2D eigenvalue weighted by Crippen LogP contribution is -2.32. The SMILES string of the molecule is CC(C)N(CCBr)Cc1cccc2cccnc12. The fourth-order valence-electron chi connectivity index (χ4n) is 2.14. The van der Waals surface area contributed by atoms with Gasteiger partial charge in [0.1, 0.15) is 0 Å². The molecule has 0 saturated heterocycles. The Balaban J connectivity index is 2.30. The van der Waals surface area contributed by atoms with Crippen molar-refractivity contribution in [3.8, 4) is 0 Å². The zero-order valence-electron chi connectivity index (χ0n) is 10.9. The van der Waals surface area contributed by atoms with Gasteiger partial charge in [-0.25, -0.2) is 0 Å². The van der Waals surface area contributed by atoms with Crippen LogP contribution in [0.1, 0.15) is 19.4 Å². The molecule has 3 heteroatoms. The van der Waals surface area contributed by atoms with Crippen molar-refractivity contribution in [2.24, 2.45) is 0 Å². The van der Waals surface area contributed by atoms with Gasteiger partial charge in [-0.1, -0.05) is 40.2 Å². The molecule has 2 nitrogen and oxygen atoms in total. The summed E-state index contributed by atoms with van der Waals surface area (Å²) in [6.07, 6.45) is 1.87. The van der Waals surface area contributed by atoms with Gasteiger partial charge < -0.3 is 0 Å². The van der Waals surface area contributed by atoms with Crippen molar-refractivity contribution < 1.29 is 0 Å². The lowest BCUT2D eigenvalue weighted by Gasteiger charge is -2.26. The van der Waals surface area contributed by atoms with E-state index < -0.39 is 0 Å². The van der Waals surface area contributed by atoms with Gasteiger partial charge in [0.25, 0.3) is 0 Å². The maximum absolute atomic E-state index is 4.52. The molecule has 0 unspecified atom stereocenters. The molecular weight excluding hydrogens is 288 g/mol. The minimum Gasteiger partial charge on any atom is -0.296 e. The van der Waals surface area contributed by atoms with E-state index in [1.54, 1.807) is 0 Å². The molecule has 2 rings (SSSR count). The molecule has 0 N–H and O–H groups in total. The number of aromatic nitrogens is 1. The molecule has 0 fully saturated rings. The summed E-state index contributed by atoms with van der Waals surface area (Å²) in [6.45, 7) is 6.49. The maximum Gasteiger partial charge on any atom is 0.0746 e. The standard InChI is InChI=1S/C15H19BrN2/c1-12(2)18(10-8-16)11-14-6-3-5-13-7-4-9-17-15(13)14/h3-7,9,12H,8,10-11H2,1-2H3. The lowest BCUT2D eigenvalue weighted by atomic mass is 10.1. The number of nitrogens with zero attached hydrogens (tertiary/aromatic N) is 2. The van der Waals surface area contributed by atoms with Gasteiger partial charge in [-0.05, 0) is 25.5 Å². The first-order valence-electron chi connectivity index (χ1n) is 6.35. The first-order valence-corrected chi connectivity index (χ1v) is 7.47. The normalized spacial score (nSPS) is 11.6. The molecule has 0 aliphatic rings. The summed E-state index contributed by atoms with van der Waals surface area (Å²) >= 11 is 3.52. The number of benzene rings is 1. The third kappa shape index (κ3) is 3.09. The average Bonchev–Trinajstić information content (AvgIpc) is 2.38. The second-order valence-corrected chi connectivity index (χ2v) is 5.54. The van der Waals surface area contributed by atoms with Gasteiger partial charge in [0.05, 0.1) is 5.52 Å². The Bertz CT molecular complexity index is 505. The highest BCUT2D eigenvalue weighted by atomic mass is 79.9. The van der Waals surface area contributed by atoms with Crippen LogP contribution in [0.2, 0.25) is 0 Å². The van der Waals surface area contributed by atoms with Crippen LogP contribution in [-0.4, -0.2) is 27.8 Å². The smallest absolute Gasteiger partial charge is 0.0746 e. The van der Waals surface area contributed by atoms with Crippen LogP contribution >= 0.6 is 15.9 Å². The summed E-state index contributed by atoms with van der Waals surface area (Å²) in [5.41, 5.74) is 2.43. The van der Waals surface area contributed by atoms with Gasteiger partial charge >= 0.3 is 0 Å². The summed E-state index contributed by atoms with van der Waals surface area (Å²) < 4.78 is 0. The van der Waals surface area contributed by atoms with E-state index in [1.807, 2.05) is 12.3 Å². The molecule has 0 amide bonds. The van der Waals surface area contributed by atoms with Gasteiger partial charge in [-0.3, -0.25) is 9.88 Å². The van der Waals surface area contributed by atoms with E-state index in [1.165, 1.54) is 10.9 Å². The summed E-state index contributed by atoms with van der Waals surface area (Å²) in [5, 5.41) is 2.22. The molecular formula is C15H19BrN2. The van der Waals surface area contributed by atoms with E-state index in [0.29, 0.717) is 6.04 Å². The van der Waals surface area contributed by atoms with Gasteiger partial charge in [-0.15, -0.1) is 0 Å². The summed E-state index contributed by atoms with van der Waals surface area (Å²) in [6, 6.07) is 11.1. The summed E-state index contributed by atoms with van der Waals surface area (Å²) in [4.78, 5) is 6.97. The van der Waals surface area contributed by atoms with Crippen molar-refractivity contribution in [1.82, 2.24) is 9.88 Å². The van der Waals surface area contributed by atoms with E-state index in [2.05, 4.69) is 63.9 Å². The van der Waals surface area contributed by atoms with Crippen LogP contribution in [0.5, 0.6) is 0 Å². The zero-order chi connectivity index (χ0) is 13.0. The number of para-hydroxylation sites is 1. The highest BCUT2D eigenvalue weighted by Crippen LogP contribution is 2.18. The van der Waals surface area contributed by atoms with Crippen molar-refractivity contribution in [2.75, 3.05) is 11.9 Å². The first-order chi connectivity index (χ1) is 8.72. The second-order valence-electron chi connectivity index (χ2n) is 4.75. The van der Waals surface area contributed by atoms with Gasteiger partial charge in [-0.2, -0.15) is 0 Å². The molecule has 0 aliphatic heterocycles. The van der Waals surface area contributed by atoms with E-state index in [-0.39, 0.29) is 0 Å². The molecule has 96 valence electrons. The molecule has 1 aromatic carbocycles. The maximum atomic E-state index is 4.52. The van der Waals surface area contributed by atoms with Crippen LogP contribution in [0.15, 0.2) is 36.5 Å². The van der Waals surface area contributed by atoms with Crippen molar-refractivity contribution >= 4 is 26.8 Å². The van der Waals surface area contributed by atoms with Crippen LogP contribution in [0, 0.1) is 0 Å². The van der Waals surface area contributed by atoms with E-state index in [9.17, 15) is 0 Å². The Kier molecular flexibility index (Phi) is 4.72. The highest BCUT2D eigenvalue weighted by molar-refractivity contribution is 9.09. The van der Waals surface area contributed by atoms with Crippen molar-refractivity contribution in [1.29, 1.82) is 0 Å². The number of pyridine rings is 1. The number of halogens is 1. The summed E-state index contributed by atoms with van der Waals surface area (Å²) in [7, 11) is 0. The molecule has 0 spiro atoms. The Morgan fingerprint density at radius 3 is 2.72 bits per heavy atom. The molecule has 2 aromatic rings. The third-order valence-corrected chi connectivity index (χ3v) is 3.55. The number of alkyl halides is 1. The fraction of sp³-hybridized carbons (Fsp3) is 0.400. The van der Waals surface area contributed by atoms with Crippen LogP contribution in [-0.2, 0) is 6.54 Å². The topological polar surface area (TPSA) is 16.1 Å². The molecule has 0 saturated carbocycles. The van der Waals surface area contributed by atoms with Crippen LogP contribution < -0.4 is 0 Å². The fourth-order valence-corrected chi connectivity index (χ4v) is 2.60. The van der Waals surface area contributed by atoms with E-state index in [0.717, 1.165) is 23.9 Å². The number of hydrogen-bond donors (Lipinski definition) is 0. The number of rotatable bonds is 5. The Hall–Kier alpha value is -0.930. The van der Waals surface area contributed by atoms with Crippen molar-refractivity contribution in [2.45, 2.75) is 26.4 Å². The molecule has 0 bridgehead atoms.